The molecule has 0 bridgehead atoms. The van der Waals surface area contributed by atoms with Crippen molar-refractivity contribution in [2.24, 2.45) is 0 Å². The highest BCUT2D eigenvalue weighted by atomic mass is 35.5. The quantitative estimate of drug-likeness (QED) is 0.592. The summed E-state index contributed by atoms with van der Waals surface area (Å²) in [5, 5.41) is 12.0. The molecule has 12 heteroatoms. The summed E-state index contributed by atoms with van der Waals surface area (Å²) >= 11 is 5.49. The van der Waals surface area contributed by atoms with Crippen LogP contribution in [0.1, 0.15) is 40.4 Å². The highest BCUT2D eigenvalue weighted by molar-refractivity contribution is 6.30. The molecule has 3 N–H and O–H groups in total. The number of aromatic nitrogens is 2. The number of pyridine rings is 2. The van der Waals surface area contributed by atoms with E-state index < -0.39 is 51.8 Å². The molecule has 2 aromatic rings. The zero-order valence-electron chi connectivity index (χ0n) is 17.3. The minimum absolute atomic E-state index is 0.319. The summed E-state index contributed by atoms with van der Waals surface area (Å²) in [5.74, 6) is -4.74. The molecule has 2 aromatic heterocycles. The van der Waals surface area contributed by atoms with E-state index >= 15 is 0 Å². The molecule has 3 heterocycles. The van der Waals surface area contributed by atoms with Gasteiger partial charge in [0, 0.05) is 19.3 Å². The molecular weight excluding hydrogens is 448 g/mol. The number of carbonyl (C=O) groups is 2. The van der Waals surface area contributed by atoms with Gasteiger partial charge in [-0.15, -0.1) is 0 Å². The molecule has 1 aliphatic heterocycles. The second-order valence-corrected chi connectivity index (χ2v) is 7.64. The van der Waals surface area contributed by atoms with Crippen LogP contribution in [-0.2, 0) is 6.54 Å². The van der Waals surface area contributed by atoms with Crippen molar-refractivity contribution in [1.82, 2.24) is 19.9 Å². The van der Waals surface area contributed by atoms with Gasteiger partial charge in [0.05, 0.1) is 24.5 Å². The largest absolute Gasteiger partial charge is 0.502 e. The van der Waals surface area contributed by atoms with Crippen LogP contribution in [0.4, 0.5) is 8.78 Å². The van der Waals surface area contributed by atoms with Gasteiger partial charge in [0.15, 0.2) is 23.1 Å². The summed E-state index contributed by atoms with van der Waals surface area (Å²) in [6, 6.07) is -0.645. The van der Waals surface area contributed by atoms with E-state index in [0.29, 0.717) is 6.20 Å². The number of amides is 2. The molecule has 2 amide bonds. The lowest BCUT2D eigenvalue weighted by atomic mass is 10.1. The first kappa shape index (κ1) is 23.2. The molecule has 0 radical (unpaired) electrons. The van der Waals surface area contributed by atoms with Gasteiger partial charge in [-0.05, 0) is 13.8 Å². The average molecular weight is 468 g/mol. The number of hydrogen-bond donors (Lipinski definition) is 3. The van der Waals surface area contributed by atoms with Crippen molar-refractivity contribution in [3.63, 3.8) is 0 Å². The number of halogens is 3. The first-order valence-corrected chi connectivity index (χ1v) is 9.87. The van der Waals surface area contributed by atoms with Crippen LogP contribution in [0.2, 0.25) is 5.02 Å². The van der Waals surface area contributed by atoms with Crippen molar-refractivity contribution in [1.29, 1.82) is 0 Å². The number of hydrogen-bond acceptors (Lipinski definition) is 6. The molecule has 2 unspecified atom stereocenters. The molecule has 32 heavy (non-hydrogen) atoms. The van der Waals surface area contributed by atoms with Crippen LogP contribution in [0.15, 0.2) is 29.3 Å². The maximum atomic E-state index is 14.0. The normalized spacial score (nSPS) is 19.3. The zero-order valence-corrected chi connectivity index (χ0v) is 18.1. The molecule has 170 valence electrons. The number of rotatable bonds is 3. The highest BCUT2D eigenvalue weighted by Gasteiger charge is 2.29. The van der Waals surface area contributed by atoms with Gasteiger partial charge in [0.25, 0.3) is 11.8 Å². The van der Waals surface area contributed by atoms with Crippen molar-refractivity contribution in [2.45, 2.75) is 32.5 Å². The Labute approximate surface area is 186 Å². The van der Waals surface area contributed by atoms with E-state index in [2.05, 4.69) is 15.7 Å². The summed E-state index contributed by atoms with van der Waals surface area (Å²) in [6.45, 7) is 3.03. The predicted molar refractivity (Wildman–Crippen MR) is 112 cm³/mol. The minimum Gasteiger partial charge on any atom is -0.502 e. The van der Waals surface area contributed by atoms with Gasteiger partial charge in [-0.1, -0.05) is 23.8 Å². The third kappa shape index (κ3) is 4.28. The van der Waals surface area contributed by atoms with E-state index in [0.717, 1.165) is 10.9 Å². The van der Waals surface area contributed by atoms with Crippen LogP contribution in [0.3, 0.4) is 0 Å². The third-order valence-corrected chi connectivity index (χ3v) is 5.33. The monoisotopic (exact) mass is 467 g/mol. The van der Waals surface area contributed by atoms with Gasteiger partial charge in [0.2, 0.25) is 5.43 Å². The lowest BCUT2D eigenvalue weighted by Gasteiger charge is -2.24. The maximum Gasteiger partial charge on any atom is 0.276 e. The molecule has 0 fully saturated rings. The molecule has 3 rings (SSSR count). The van der Waals surface area contributed by atoms with Crippen LogP contribution in [0, 0.1) is 11.6 Å². The SMILES string of the molecule is CC1/C=C\C(C)N(C)C(=O)c2c(O)c(=O)c(C(=O)NCc3ncc(F)c(Cl)c3F)cn2N1. The molecule has 0 spiro atoms. The molecule has 0 saturated carbocycles. The Morgan fingerprint density at radius 1 is 1.31 bits per heavy atom. The van der Waals surface area contributed by atoms with Crippen molar-refractivity contribution in [2.75, 3.05) is 12.5 Å². The Hall–Kier alpha value is -3.47. The lowest BCUT2D eigenvalue weighted by Crippen LogP contribution is -2.39. The van der Waals surface area contributed by atoms with Crippen molar-refractivity contribution in [3.05, 3.63) is 68.4 Å². The van der Waals surface area contributed by atoms with Gasteiger partial charge >= 0.3 is 0 Å². The Morgan fingerprint density at radius 3 is 2.69 bits per heavy atom. The lowest BCUT2D eigenvalue weighted by molar-refractivity contribution is 0.0755. The molecule has 9 nitrogen and oxygen atoms in total. The summed E-state index contributed by atoms with van der Waals surface area (Å²) < 4.78 is 28.4. The molecule has 0 aliphatic carbocycles. The Kier molecular flexibility index (Phi) is 6.49. The summed E-state index contributed by atoms with van der Waals surface area (Å²) in [6.07, 6.45) is 5.33. The third-order valence-electron chi connectivity index (χ3n) is 4.99. The number of nitrogens with one attached hydrogen (secondary N) is 2. The standard InChI is InChI=1S/C20H20ClF2N5O4/c1-9-4-5-10(2)27(3)20(32)16-18(30)17(29)11(8-28(16)26-9)19(31)25-7-13-15(23)14(21)12(22)6-24-13/h4-6,8-10,26,30H,7H2,1-3H3,(H,25,31)/b5-4-. The fourth-order valence-corrected chi connectivity index (χ4v) is 3.16. The van der Waals surface area contributed by atoms with Crippen LogP contribution < -0.4 is 16.2 Å². The first-order valence-electron chi connectivity index (χ1n) is 9.50. The number of aromatic hydroxyl groups is 1. The fraction of sp³-hybridized carbons (Fsp3) is 0.300. The van der Waals surface area contributed by atoms with Gasteiger partial charge in [-0.25, -0.2) is 8.78 Å². The Balaban J connectivity index is 1.98. The molecular formula is C20H20ClF2N5O4. The predicted octanol–water partition coefficient (Wildman–Crippen LogP) is 1.77. The van der Waals surface area contributed by atoms with Crippen LogP contribution in [0.5, 0.6) is 5.75 Å². The summed E-state index contributed by atoms with van der Waals surface area (Å²) in [7, 11) is 1.51. The second-order valence-electron chi connectivity index (χ2n) is 7.26. The molecule has 1 aliphatic rings. The van der Waals surface area contributed by atoms with Gasteiger partial charge < -0.3 is 20.7 Å². The smallest absolute Gasteiger partial charge is 0.276 e. The molecule has 0 aromatic carbocycles. The van der Waals surface area contributed by atoms with E-state index in [1.807, 2.05) is 0 Å². The summed E-state index contributed by atoms with van der Waals surface area (Å²) in [5.41, 5.74) is 0.624. The van der Waals surface area contributed by atoms with E-state index in [9.17, 15) is 28.3 Å². The van der Waals surface area contributed by atoms with E-state index in [4.69, 9.17) is 11.6 Å². The Bertz CT molecular complexity index is 1180. The fourth-order valence-electron chi connectivity index (χ4n) is 3.00. The first-order chi connectivity index (χ1) is 15.0. The maximum absolute atomic E-state index is 14.0. The van der Waals surface area contributed by atoms with E-state index in [-0.39, 0.29) is 23.5 Å². The van der Waals surface area contributed by atoms with Crippen molar-refractivity contribution >= 4 is 23.4 Å². The zero-order chi connectivity index (χ0) is 23.7. The second kappa shape index (κ2) is 8.95. The van der Waals surface area contributed by atoms with Crippen LogP contribution >= 0.6 is 11.6 Å². The number of fused-ring (bicyclic) bond motifs is 1. The topological polar surface area (TPSA) is 117 Å². The van der Waals surface area contributed by atoms with E-state index in [1.165, 1.54) is 11.9 Å². The highest BCUT2D eigenvalue weighted by Crippen LogP contribution is 2.21. The average Bonchev–Trinajstić information content (AvgIpc) is 2.79. The summed E-state index contributed by atoms with van der Waals surface area (Å²) in [4.78, 5) is 43.0. The van der Waals surface area contributed by atoms with Crippen molar-refractivity contribution < 1.29 is 23.5 Å². The van der Waals surface area contributed by atoms with Crippen LogP contribution in [-0.4, -0.2) is 50.6 Å². The number of carbonyl (C=O) groups excluding carboxylic acids is 2. The number of likely N-dealkylation sites (N-methyl/N-ethyl adjacent to an activating group) is 1. The number of nitrogens with zero attached hydrogens (tertiary/aromatic N) is 3. The van der Waals surface area contributed by atoms with Gasteiger partial charge in [0.1, 0.15) is 10.6 Å². The molecule has 0 saturated heterocycles. The minimum atomic E-state index is -1.15. The Morgan fingerprint density at radius 2 is 2.00 bits per heavy atom. The van der Waals surface area contributed by atoms with E-state index in [1.54, 1.807) is 26.0 Å². The van der Waals surface area contributed by atoms with Gasteiger partial charge in [-0.3, -0.25) is 24.0 Å². The van der Waals surface area contributed by atoms with Crippen LogP contribution in [0.25, 0.3) is 0 Å². The van der Waals surface area contributed by atoms with Crippen molar-refractivity contribution in [3.8, 4) is 5.75 Å². The molecule has 2 atom stereocenters. The van der Waals surface area contributed by atoms with Gasteiger partial charge in [-0.2, -0.15) is 0 Å².